The van der Waals surface area contributed by atoms with Crippen LogP contribution in [0.3, 0.4) is 0 Å². The van der Waals surface area contributed by atoms with E-state index in [1.807, 2.05) is 73.1 Å². The normalized spacial score (nSPS) is 11.5. The molecule has 8 aromatic carbocycles. The van der Waals surface area contributed by atoms with E-state index in [0.717, 1.165) is 72.4 Å². The van der Waals surface area contributed by atoms with Crippen LogP contribution in [-0.4, -0.2) is 35.7 Å². The largest absolute Gasteiger partial charge is 3.00 e. The summed E-state index contributed by atoms with van der Waals surface area (Å²) >= 11 is 0. The zero-order valence-electron chi connectivity index (χ0n) is 46.9. The predicted octanol–water partition coefficient (Wildman–Crippen LogP) is 18.2. The van der Waals surface area contributed by atoms with E-state index >= 15 is 0 Å². The summed E-state index contributed by atoms with van der Waals surface area (Å²) in [5.74, 6) is 1.41. The second kappa shape index (κ2) is 24.2. The van der Waals surface area contributed by atoms with Gasteiger partial charge in [0, 0.05) is 23.5 Å². The number of benzene rings is 8. The molecule has 0 saturated heterocycles. The molecule has 0 N–H and O–H groups in total. The third kappa shape index (κ3) is 12.5. The van der Waals surface area contributed by atoms with Gasteiger partial charge in [-0.3, -0.25) is 4.98 Å². The third-order valence-corrected chi connectivity index (χ3v) is 18.4. The average molecular weight is 1240 g/mol. The zero-order chi connectivity index (χ0) is 54.6. The van der Waals surface area contributed by atoms with Crippen molar-refractivity contribution in [3.63, 3.8) is 0 Å². The van der Waals surface area contributed by atoms with Gasteiger partial charge in [0.1, 0.15) is 5.58 Å². The van der Waals surface area contributed by atoms with Crippen molar-refractivity contribution < 1.29 is 24.5 Å². The van der Waals surface area contributed by atoms with Crippen molar-refractivity contribution in [1.82, 2.24) is 19.5 Å². The van der Waals surface area contributed by atoms with Gasteiger partial charge in [0.2, 0.25) is 0 Å². The van der Waals surface area contributed by atoms with Gasteiger partial charge < -0.3 is 19.0 Å². The van der Waals surface area contributed by atoms with Crippen LogP contribution in [0.1, 0.15) is 50.7 Å². The Balaban J connectivity index is 0.000000187. The molecule has 0 amide bonds. The topological polar surface area (TPSA) is 56.7 Å². The van der Waals surface area contributed by atoms with Crippen molar-refractivity contribution in [2.24, 2.45) is 0 Å². The molecule has 79 heavy (non-hydrogen) atoms. The van der Waals surface area contributed by atoms with Gasteiger partial charge in [0.05, 0.1) is 38.6 Å². The Labute approximate surface area is 482 Å². The number of imidazole rings is 1. The van der Waals surface area contributed by atoms with Gasteiger partial charge in [0.25, 0.3) is 0 Å². The van der Waals surface area contributed by atoms with Crippen LogP contribution in [0.15, 0.2) is 217 Å². The first-order valence-corrected chi connectivity index (χ1v) is 34.1. The molecule has 0 aliphatic heterocycles. The number of pyridine rings is 2. The number of fused-ring (bicyclic) bond motifs is 4. The van der Waals surface area contributed by atoms with Crippen LogP contribution in [-0.2, 0) is 20.1 Å². The molecular weight excluding hydrogens is 1170 g/mol. The molecule has 4 aromatic heterocycles. The van der Waals surface area contributed by atoms with Crippen LogP contribution < -0.4 is 10.4 Å². The quantitative estimate of drug-likeness (QED) is 0.101. The second-order valence-corrected chi connectivity index (χ2v) is 32.8. The number of hydrogen-bond donors (Lipinski definition) is 0. The van der Waals surface area contributed by atoms with Crippen LogP contribution in [0.2, 0.25) is 39.3 Å². The Hall–Kier alpha value is -7.59. The van der Waals surface area contributed by atoms with E-state index in [1.165, 1.54) is 43.9 Å². The summed E-state index contributed by atoms with van der Waals surface area (Å²) in [5.41, 5.74) is 17.2. The standard InChI is InChI=1S/C43H35N2O.2C14H16NSi.Ir/c1-27(2)36-24-32(30-16-9-6-10-17-30)25-37(28(3)4)41(36)45-39-21-12-11-20-38(39)44-43(45)35-19-13-18-34-33-23-22-31(26-40(33)46-42(34)35)29-14-7-5-8-15-29;2*1-16(2,3)13-9-10-14(15-11-13)12-7-5-4-6-8-12;/h5-18,20-28H,1-4H3;2*4-7,9-11H,1-3H3;/q3*-1;+3. The summed E-state index contributed by atoms with van der Waals surface area (Å²) in [7, 11) is -2.46. The number of aromatic nitrogens is 4. The van der Waals surface area contributed by atoms with Gasteiger partial charge in [-0.2, -0.15) is 0 Å². The molecule has 12 aromatic rings. The van der Waals surface area contributed by atoms with Crippen molar-refractivity contribution in [3.05, 3.63) is 242 Å². The maximum Gasteiger partial charge on any atom is 3.00 e. The minimum absolute atomic E-state index is 0. The van der Waals surface area contributed by atoms with Crippen molar-refractivity contribution in [2.45, 2.75) is 78.8 Å². The van der Waals surface area contributed by atoms with Crippen LogP contribution in [0, 0.1) is 18.2 Å². The molecule has 5 nitrogen and oxygen atoms in total. The molecule has 12 rings (SSSR count). The van der Waals surface area contributed by atoms with E-state index in [0.29, 0.717) is 0 Å². The van der Waals surface area contributed by atoms with E-state index in [4.69, 9.17) is 9.40 Å². The van der Waals surface area contributed by atoms with E-state index in [9.17, 15) is 0 Å². The van der Waals surface area contributed by atoms with Gasteiger partial charge in [-0.1, -0.05) is 187 Å². The van der Waals surface area contributed by atoms with Gasteiger partial charge in [-0.05, 0) is 97.3 Å². The number of furan rings is 1. The predicted molar refractivity (Wildman–Crippen MR) is 335 cm³/mol. The summed E-state index contributed by atoms with van der Waals surface area (Å²) in [5, 5.41) is 4.94. The van der Waals surface area contributed by atoms with Crippen LogP contribution in [0.4, 0.5) is 0 Å². The fraction of sp³-hybridized carbons (Fsp3) is 0.169. The molecule has 0 bridgehead atoms. The molecule has 8 heteroatoms. The monoisotopic (exact) mass is 1240 g/mol. The summed E-state index contributed by atoms with van der Waals surface area (Å²) in [6.45, 7) is 23.1. The van der Waals surface area contributed by atoms with Crippen molar-refractivity contribution in [2.75, 3.05) is 0 Å². The van der Waals surface area contributed by atoms with Gasteiger partial charge >= 0.3 is 20.1 Å². The van der Waals surface area contributed by atoms with E-state index < -0.39 is 16.1 Å². The fourth-order valence-electron chi connectivity index (χ4n) is 9.85. The van der Waals surface area contributed by atoms with Crippen LogP contribution >= 0.6 is 0 Å². The van der Waals surface area contributed by atoms with E-state index in [2.05, 4.69) is 239 Å². The maximum absolute atomic E-state index is 6.73. The van der Waals surface area contributed by atoms with Gasteiger partial charge in [-0.25, -0.2) is 0 Å². The van der Waals surface area contributed by atoms with Crippen molar-refractivity contribution >= 4 is 59.5 Å². The molecule has 0 spiro atoms. The fourth-order valence-corrected chi connectivity index (χ4v) is 11.9. The molecule has 0 atom stereocenters. The smallest absolute Gasteiger partial charge is 0.501 e. The molecule has 0 unspecified atom stereocenters. The van der Waals surface area contributed by atoms with Gasteiger partial charge in [0.15, 0.2) is 0 Å². The Bertz CT molecular complexity index is 3830. The molecule has 0 aliphatic carbocycles. The van der Waals surface area contributed by atoms with Crippen molar-refractivity contribution in [1.29, 1.82) is 0 Å². The Morgan fingerprint density at radius 3 is 1.48 bits per heavy atom. The summed E-state index contributed by atoms with van der Waals surface area (Å²) in [6.07, 6.45) is 4.03. The molecule has 4 heterocycles. The third-order valence-electron chi connectivity index (χ3n) is 14.3. The molecule has 0 radical (unpaired) electrons. The Morgan fingerprint density at radius 1 is 0.468 bits per heavy atom. The minimum atomic E-state index is -1.23. The first-order valence-electron chi connectivity index (χ1n) is 27.1. The first kappa shape index (κ1) is 56.1. The van der Waals surface area contributed by atoms with Gasteiger partial charge in [-0.15, -0.1) is 90.0 Å². The second-order valence-electron chi connectivity index (χ2n) is 22.6. The molecule has 0 saturated carbocycles. The number of para-hydroxylation sites is 2. The summed E-state index contributed by atoms with van der Waals surface area (Å²) in [4.78, 5) is 14.3. The zero-order valence-corrected chi connectivity index (χ0v) is 51.3. The maximum atomic E-state index is 6.73. The Morgan fingerprint density at radius 2 is 0.987 bits per heavy atom. The molecular formula is C71H67IrN4OSi2. The average Bonchev–Trinajstić information content (AvgIpc) is 4.17. The summed E-state index contributed by atoms with van der Waals surface area (Å²) in [6, 6.07) is 79.4. The van der Waals surface area contributed by atoms with Crippen molar-refractivity contribution in [3.8, 4) is 61.8 Å². The SMILES string of the molecule is CC(C)c1cc(-c2ccccc2)cc(C(C)C)c1-n1c(-c2[c-]ccc3c2oc2cc(-c4ccccc4)ccc23)nc2ccccc21.C[Si](C)(C)c1ccc(-c2[c-]cccc2)nc1.C[Si](C)(C)c1ccc(-c2[c-]cccc2)nc1.[Ir+3]. The summed E-state index contributed by atoms with van der Waals surface area (Å²) < 4.78 is 9.10. The van der Waals surface area contributed by atoms with E-state index in [1.54, 1.807) is 0 Å². The van der Waals surface area contributed by atoms with Crippen LogP contribution in [0.5, 0.6) is 0 Å². The van der Waals surface area contributed by atoms with Crippen LogP contribution in [0.25, 0.3) is 94.8 Å². The minimum Gasteiger partial charge on any atom is -0.501 e. The molecule has 0 aliphatic rings. The number of hydrogen-bond acceptors (Lipinski definition) is 4. The number of rotatable bonds is 10. The molecule has 0 fully saturated rings. The van der Waals surface area contributed by atoms with E-state index in [-0.39, 0.29) is 31.9 Å². The number of nitrogens with zero attached hydrogens (tertiary/aromatic N) is 4. The molecule has 394 valence electrons. The Kier molecular flexibility index (Phi) is 17.2. The first-order chi connectivity index (χ1) is 37.6.